The van der Waals surface area contributed by atoms with Gasteiger partial charge in [-0.25, -0.2) is 0 Å². The van der Waals surface area contributed by atoms with Crippen LogP contribution in [0.1, 0.15) is 19.8 Å². The summed E-state index contributed by atoms with van der Waals surface area (Å²) in [5, 5.41) is 9.46. The fourth-order valence-corrected chi connectivity index (χ4v) is 1.17. The molecular formula is C8H14O3. The number of methoxy groups -OCH3 is 1. The van der Waals surface area contributed by atoms with Crippen LogP contribution >= 0.6 is 0 Å². The first-order valence-corrected chi connectivity index (χ1v) is 3.92. The molecule has 0 aliphatic heterocycles. The predicted molar refractivity (Wildman–Crippen MR) is 39.9 cm³/mol. The summed E-state index contributed by atoms with van der Waals surface area (Å²) in [6.45, 7) is 1.70. The fraction of sp³-hybridized carbons (Fsp3) is 0.875. The van der Waals surface area contributed by atoms with Crippen LogP contribution in [0.15, 0.2) is 0 Å². The first-order valence-electron chi connectivity index (χ1n) is 3.92. The van der Waals surface area contributed by atoms with Crippen LogP contribution < -0.4 is 0 Å². The van der Waals surface area contributed by atoms with E-state index in [1.165, 1.54) is 7.11 Å². The predicted octanol–water partition coefficient (Wildman–Crippen LogP) is 0.566. The van der Waals surface area contributed by atoms with Gasteiger partial charge < -0.3 is 9.84 Å². The second-order valence-corrected chi connectivity index (χ2v) is 3.14. The molecule has 0 saturated heterocycles. The average Bonchev–Trinajstić information content (AvgIpc) is 2.82. The van der Waals surface area contributed by atoms with Gasteiger partial charge in [0, 0.05) is 0 Å². The van der Waals surface area contributed by atoms with Crippen LogP contribution in [-0.2, 0) is 9.53 Å². The lowest BCUT2D eigenvalue weighted by molar-refractivity contribution is -0.149. The van der Waals surface area contributed by atoms with Gasteiger partial charge in [-0.2, -0.15) is 0 Å². The number of hydrogen-bond acceptors (Lipinski definition) is 3. The Balaban J connectivity index is 2.38. The molecule has 0 spiro atoms. The smallest absolute Gasteiger partial charge is 0.311 e. The number of aliphatic hydroxyl groups is 1. The van der Waals surface area contributed by atoms with Crippen molar-refractivity contribution in [1.82, 2.24) is 0 Å². The molecule has 0 aromatic heterocycles. The van der Waals surface area contributed by atoms with Gasteiger partial charge in [0.05, 0.1) is 19.1 Å². The largest absolute Gasteiger partial charge is 0.469 e. The van der Waals surface area contributed by atoms with Gasteiger partial charge >= 0.3 is 5.97 Å². The quantitative estimate of drug-likeness (QED) is 0.611. The van der Waals surface area contributed by atoms with Crippen molar-refractivity contribution in [3.8, 4) is 0 Å². The van der Waals surface area contributed by atoms with E-state index < -0.39 is 6.10 Å². The highest BCUT2D eigenvalue weighted by atomic mass is 16.5. The van der Waals surface area contributed by atoms with E-state index in [1.54, 1.807) is 6.92 Å². The number of rotatable bonds is 3. The zero-order valence-corrected chi connectivity index (χ0v) is 6.91. The van der Waals surface area contributed by atoms with Crippen molar-refractivity contribution in [2.45, 2.75) is 25.9 Å². The second kappa shape index (κ2) is 3.22. The van der Waals surface area contributed by atoms with Crippen molar-refractivity contribution in [2.75, 3.05) is 7.11 Å². The Kier molecular flexibility index (Phi) is 2.49. The van der Waals surface area contributed by atoms with Gasteiger partial charge in [0.25, 0.3) is 0 Å². The van der Waals surface area contributed by atoms with E-state index in [-0.39, 0.29) is 11.9 Å². The number of ether oxygens (including phenoxy) is 1. The number of aliphatic hydroxyl groups excluding tert-OH is 1. The lowest BCUT2D eigenvalue weighted by atomic mass is 10.0. The van der Waals surface area contributed by atoms with Crippen LogP contribution in [0.4, 0.5) is 0 Å². The minimum atomic E-state index is -0.498. The van der Waals surface area contributed by atoms with E-state index >= 15 is 0 Å². The molecule has 0 radical (unpaired) electrons. The summed E-state index contributed by atoms with van der Waals surface area (Å²) in [6, 6.07) is 0. The highest BCUT2D eigenvalue weighted by molar-refractivity contribution is 5.72. The Bertz CT molecular complexity index is 151. The van der Waals surface area contributed by atoms with Gasteiger partial charge in [0.1, 0.15) is 0 Å². The summed E-state index contributed by atoms with van der Waals surface area (Å²) in [5.74, 6) is -0.346. The molecule has 0 bridgehead atoms. The van der Waals surface area contributed by atoms with E-state index in [2.05, 4.69) is 4.74 Å². The first-order chi connectivity index (χ1) is 5.16. The maximum atomic E-state index is 10.9. The van der Waals surface area contributed by atoms with Gasteiger partial charge in [-0.05, 0) is 25.7 Å². The highest BCUT2D eigenvalue weighted by Gasteiger charge is 2.36. The van der Waals surface area contributed by atoms with E-state index in [0.29, 0.717) is 5.92 Å². The Morgan fingerprint density at radius 1 is 1.64 bits per heavy atom. The molecule has 64 valence electrons. The van der Waals surface area contributed by atoms with Gasteiger partial charge in [-0.1, -0.05) is 0 Å². The molecule has 3 nitrogen and oxygen atoms in total. The third-order valence-corrected chi connectivity index (χ3v) is 2.19. The second-order valence-electron chi connectivity index (χ2n) is 3.14. The van der Waals surface area contributed by atoms with Crippen LogP contribution in [-0.4, -0.2) is 24.3 Å². The Morgan fingerprint density at radius 3 is 2.55 bits per heavy atom. The van der Waals surface area contributed by atoms with Gasteiger partial charge in [0.2, 0.25) is 0 Å². The van der Waals surface area contributed by atoms with Crippen LogP contribution in [0.2, 0.25) is 0 Å². The highest BCUT2D eigenvalue weighted by Crippen LogP contribution is 2.35. The molecule has 0 heterocycles. The molecule has 2 unspecified atom stereocenters. The average molecular weight is 158 g/mol. The summed E-state index contributed by atoms with van der Waals surface area (Å²) in [5.41, 5.74) is 0. The molecule has 0 aromatic rings. The minimum Gasteiger partial charge on any atom is -0.469 e. The van der Waals surface area contributed by atoms with Crippen LogP contribution in [0.25, 0.3) is 0 Å². The molecular weight excluding hydrogens is 144 g/mol. The van der Waals surface area contributed by atoms with Crippen molar-refractivity contribution < 1.29 is 14.6 Å². The van der Waals surface area contributed by atoms with Crippen molar-refractivity contribution >= 4 is 5.97 Å². The van der Waals surface area contributed by atoms with Gasteiger partial charge in [-0.3, -0.25) is 4.79 Å². The molecule has 1 rings (SSSR count). The molecule has 0 aromatic carbocycles. The molecule has 3 heteroatoms. The number of hydrogen-bond donors (Lipinski definition) is 1. The zero-order chi connectivity index (χ0) is 8.43. The van der Waals surface area contributed by atoms with Crippen LogP contribution in [0.3, 0.4) is 0 Å². The Hall–Kier alpha value is -0.570. The summed E-state index contributed by atoms with van der Waals surface area (Å²) < 4.78 is 4.51. The van der Waals surface area contributed by atoms with Gasteiger partial charge in [-0.15, -0.1) is 0 Å². The first kappa shape index (κ1) is 8.53. The Labute approximate surface area is 66.4 Å². The summed E-state index contributed by atoms with van der Waals surface area (Å²) in [4.78, 5) is 10.9. The van der Waals surface area contributed by atoms with Crippen molar-refractivity contribution in [3.63, 3.8) is 0 Å². The lowest BCUT2D eigenvalue weighted by Crippen LogP contribution is -2.28. The summed E-state index contributed by atoms with van der Waals surface area (Å²) >= 11 is 0. The third-order valence-electron chi connectivity index (χ3n) is 2.19. The minimum absolute atomic E-state index is 0.315. The maximum absolute atomic E-state index is 10.9. The molecule has 2 atom stereocenters. The maximum Gasteiger partial charge on any atom is 0.311 e. The Morgan fingerprint density at radius 2 is 2.18 bits per heavy atom. The molecule has 0 amide bonds. The molecule has 1 aliphatic carbocycles. The molecule has 1 aliphatic rings. The van der Waals surface area contributed by atoms with Crippen LogP contribution in [0.5, 0.6) is 0 Å². The molecule has 11 heavy (non-hydrogen) atoms. The van der Waals surface area contributed by atoms with Crippen molar-refractivity contribution in [2.24, 2.45) is 11.8 Å². The van der Waals surface area contributed by atoms with E-state index in [0.717, 1.165) is 12.8 Å². The summed E-state index contributed by atoms with van der Waals surface area (Å²) in [7, 11) is 1.35. The van der Waals surface area contributed by atoms with E-state index in [9.17, 15) is 9.90 Å². The van der Waals surface area contributed by atoms with Crippen molar-refractivity contribution in [3.05, 3.63) is 0 Å². The third kappa shape index (κ3) is 1.93. The van der Waals surface area contributed by atoms with E-state index in [4.69, 9.17) is 0 Å². The lowest BCUT2D eigenvalue weighted by Gasteiger charge is -2.15. The normalized spacial score (nSPS) is 22.5. The fourth-order valence-electron chi connectivity index (χ4n) is 1.17. The van der Waals surface area contributed by atoms with Crippen LogP contribution in [0, 0.1) is 11.8 Å². The molecule has 1 N–H and O–H groups in total. The number of carbonyl (C=O) groups is 1. The molecule has 1 saturated carbocycles. The zero-order valence-electron chi connectivity index (χ0n) is 6.91. The summed E-state index contributed by atoms with van der Waals surface area (Å²) in [6.07, 6.45) is 1.59. The number of carbonyl (C=O) groups excluding carboxylic acids is 1. The molecule has 1 fully saturated rings. The van der Waals surface area contributed by atoms with E-state index in [1.807, 2.05) is 0 Å². The SMILES string of the molecule is COC(=O)C(C)C(O)C1CC1. The standard InChI is InChI=1S/C8H14O3/c1-5(8(10)11-2)7(9)6-3-4-6/h5-7,9H,3-4H2,1-2H3. The van der Waals surface area contributed by atoms with Crippen molar-refractivity contribution in [1.29, 1.82) is 0 Å². The monoisotopic (exact) mass is 158 g/mol. The number of esters is 1. The van der Waals surface area contributed by atoms with Gasteiger partial charge in [0.15, 0.2) is 0 Å². The topological polar surface area (TPSA) is 46.5 Å².